The lowest BCUT2D eigenvalue weighted by Crippen LogP contribution is -2.48. The molecule has 2 aromatic rings. The van der Waals surface area contributed by atoms with E-state index in [1.54, 1.807) is 4.90 Å². The van der Waals surface area contributed by atoms with Crippen molar-refractivity contribution in [3.05, 3.63) is 40.7 Å². The first kappa shape index (κ1) is 17.8. The summed E-state index contributed by atoms with van der Waals surface area (Å²) in [6, 6.07) is 7.48. The van der Waals surface area contributed by atoms with Crippen molar-refractivity contribution in [1.82, 2.24) is 14.8 Å². The Morgan fingerprint density at radius 1 is 1.32 bits per heavy atom. The molecule has 7 heteroatoms. The van der Waals surface area contributed by atoms with Crippen LogP contribution in [0.3, 0.4) is 0 Å². The van der Waals surface area contributed by atoms with E-state index in [0.29, 0.717) is 37.2 Å². The second-order valence-corrected chi connectivity index (χ2v) is 6.43. The number of aryl methyl sites for hydroxylation is 1. The van der Waals surface area contributed by atoms with Gasteiger partial charge in [-0.2, -0.15) is 0 Å². The average molecular weight is 364 g/mol. The molecule has 1 aliphatic heterocycles. The molecule has 2 heterocycles. The van der Waals surface area contributed by atoms with Crippen LogP contribution in [0.4, 0.5) is 4.79 Å². The molecule has 134 valence electrons. The van der Waals surface area contributed by atoms with Gasteiger partial charge in [0.05, 0.1) is 12.3 Å². The number of oxazole rings is 1. The Labute approximate surface area is 152 Å². The summed E-state index contributed by atoms with van der Waals surface area (Å²) in [6.07, 6.45) is -0.233. The number of nitrogens with zero attached hydrogens (tertiary/aromatic N) is 3. The molecular formula is C18H22ClN3O3. The molecule has 3 rings (SSSR count). The predicted octanol–water partition coefficient (Wildman–Crippen LogP) is 3.58. The standard InChI is InChI=1S/C18H22ClN3O3/c1-3-24-18(23)22-9-7-21(8-10-22)12-16-13(2)25-17(20-16)14-5-4-6-15(19)11-14/h4-6,11H,3,7-10,12H2,1-2H3. The van der Waals surface area contributed by atoms with Crippen LogP contribution in [0.15, 0.2) is 28.7 Å². The van der Waals surface area contributed by atoms with Crippen LogP contribution >= 0.6 is 11.6 Å². The van der Waals surface area contributed by atoms with E-state index in [-0.39, 0.29) is 6.09 Å². The Balaban J connectivity index is 1.62. The molecule has 0 bridgehead atoms. The van der Waals surface area contributed by atoms with Gasteiger partial charge in [0, 0.05) is 43.3 Å². The number of ether oxygens (including phenoxy) is 1. The van der Waals surface area contributed by atoms with Crippen LogP contribution in [0.1, 0.15) is 18.4 Å². The number of benzene rings is 1. The van der Waals surface area contributed by atoms with Gasteiger partial charge in [-0.1, -0.05) is 17.7 Å². The second-order valence-electron chi connectivity index (χ2n) is 5.99. The Morgan fingerprint density at radius 3 is 2.76 bits per heavy atom. The van der Waals surface area contributed by atoms with Gasteiger partial charge in [0.15, 0.2) is 0 Å². The molecule has 25 heavy (non-hydrogen) atoms. The predicted molar refractivity (Wildman–Crippen MR) is 95.6 cm³/mol. The van der Waals surface area contributed by atoms with Crippen molar-refractivity contribution in [1.29, 1.82) is 0 Å². The first-order valence-electron chi connectivity index (χ1n) is 8.43. The second kappa shape index (κ2) is 7.89. The monoisotopic (exact) mass is 363 g/mol. The molecule has 0 spiro atoms. The zero-order valence-electron chi connectivity index (χ0n) is 14.5. The summed E-state index contributed by atoms with van der Waals surface area (Å²) in [4.78, 5) is 20.4. The summed E-state index contributed by atoms with van der Waals surface area (Å²) >= 11 is 6.04. The Bertz CT molecular complexity index is 739. The van der Waals surface area contributed by atoms with Crippen LogP contribution in [0.5, 0.6) is 0 Å². The van der Waals surface area contributed by atoms with Crippen LogP contribution in [0.2, 0.25) is 5.02 Å². The Kier molecular flexibility index (Phi) is 5.60. The van der Waals surface area contributed by atoms with Crippen molar-refractivity contribution < 1.29 is 13.9 Å². The minimum atomic E-state index is -0.233. The highest BCUT2D eigenvalue weighted by Gasteiger charge is 2.23. The van der Waals surface area contributed by atoms with Crippen molar-refractivity contribution in [3.63, 3.8) is 0 Å². The molecule has 1 aromatic heterocycles. The van der Waals surface area contributed by atoms with Gasteiger partial charge in [-0.15, -0.1) is 0 Å². The molecule has 1 amide bonds. The van der Waals surface area contributed by atoms with Gasteiger partial charge in [0.2, 0.25) is 5.89 Å². The molecule has 6 nitrogen and oxygen atoms in total. The number of piperazine rings is 1. The number of carbonyl (C=O) groups is 1. The van der Waals surface area contributed by atoms with E-state index in [9.17, 15) is 4.79 Å². The van der Waals surface area contributed by atoms with Crippen molar-refractivity contribution in [2.75, 3.05) is 32.8 Å². The minimum Gasteiger partial charge on any atom is -0.450 e. The smallest absolute Gasteiger partial charge is 0.409 e. The van der Waals surface area contributed by atoms with E-state index < -0.39 is 0 Å². The lowest BCUT2D eigenvalue weighted by atomic mass is 10.2. The summed E-state index contributed by atoms with van der Waals surface area (Å²) < 4.78 is 10.9. The van der Waals surface area contributed by atoms with Crippen LogP contribution in [-0.2, 0) is 11.3 Å². The van der Waals surface area contributed by atoms with Gasteiger partial charge in [0.25, 0.3) is 0 Å². The maximum atomic E-state index is 11.8. The fourth-order valence-corrected chi connectivity index (χ4v) is 3.03. The Morgan fingerprint density at radius 2 is 2.08 bits per heavy atom. The van der Waals surface area contributed by atoms with E-state index >= 15 is 0 Å². The Hall–Kier alpha value is -2.05. The SMILES string of the molecule is CCOC(=O)N1CCN(Cc2nc(-c3cccc(Cl)c3)oc2C)CC1. The zero-order chi connectivity index (χ0) is 17.8. The minimum absolute atomic E-state index is 0.233. The van der Waals surface area contributed by atoms with Gasteiger partial charge >= 0.3 is 6.09 Å². The molecule has 0 unspecified atom stereocenters. The molecular weight excluding hydrogens is 342 g/mol. The molecule has 1 aliphatic rings. The number of carbonyl (C=O) groups excluding carboxylic acids is 1. The maximum absolute atomic E-state index is 11.8. The first-order valence-corrected chi connectivity index (χ1v) is 8.81. The number of hydrogen-bond acceptors (Lipinski definition) is 5. The first-order chi connectivity index (χ1) is 12.1. The number of rotatable bonds is 4. The van der Waals surface area contributed by atoms with E-state index in [1.807, 2.05) is 38.1 Å². The number of hydrogen-bond donors (Lipinski definition) is 0. The van der Waals surface area contributed by atoms with Crippen LogP contribution in [-0.4, -0.2) is 53.7 Å². The number of halogens is 1. The largest absolute Gasteiger partial charge is 0.450 e. The van der Waals surface area contributed by atoms with Crippen molar-refractivity contribution in [2.45, 2.75) is 20.4 Å². The van der Waals surface area contributed by atoms with Crippen LogP contribution in [0, 0.1) is 6.92 Å². The van der Waals surface area contributed by atoms with Crippen molar-refractivity contribution in [3.8, 4) is 11.5 Å². The third kappa shape index (κ3) is 4.32. The topological polar surface area (TPSA) is 58.8 Å². The summed E-state index contributed by atoms with van der Waals surface area (Å²) in [5.41, 5.74) is 1.79. The van der Waals surface area contributed by atoms with Gasteiger partial charge in [0.1, 0.15) is 5.76 Å². The van der Waals surface area contributed by atoms with E-state index in [0.717, 1.165) is 30.1 Å². The molecule has 0 aliphatic carbocycles. The summed E-state index contributed by atoms with van der Waals surface area (Å²) in [7, 11) is 0. The molecule has 0 N–H and O–H groups in total. The van der Waals surface area contributed by atoms with E-state index in [1.165, 1.54) is 0 Å². The van der Waals surface area contributed by atoms with E-state index in [2.05, 4.69) is 9.88 Å². The highest BCUT2D eigenvalue weighted by Crippen LogP contribution is 2.25. The molecule has 0 radical (unpaired) electrons. The quantitative estimate of drug-likeness (QED) is 0.831. The third-order valence-corrected chi connectivity index (χ3v) is 4.47. The molecule has 1 aromatic carbocycles. The summed E-state index contributed by atoms with van der Waals surface area (Å²) in [5.74, 6) is 1.39. The summed E-state index contributed by atoms with van der Waals surface area (Å²) in [5, 5.41) is 0.657. The molecule has 1 saturated heterocycles. The fraction of sp³-hybridized carbons (Fsp3) is 0.444. The molecule has 0 atom stereocenters. The normalized spacial score (nSPS) is 15.4. The zero-order valence-corrected chi connectivity index (χ0v) is 15.3. The highest BCUT2D eigenvalue weighted by molar-refractivity contribution is 6.30. The lowest BCUT2D eigenvalue weighted by molar-refractivity contribution is 0.0774. The fourth-order valence-electron chi connectivity index (χ4n) is 2.83. The van der Waals surface area contributed by atoms with Gasteiger partial charge < -0.3 is 14.1 Å². The third-order valence-electron chi connectivity index (χ3n) is 4.24. The molecule has 0 saturated carbocycles. The van der Waals surface area contributed by atoms with Gasteiger partial charge in [-0.3, -0.25) is 4.90 Å². The average Bonchev–Trinajstić information content (AvgIpc) is 2.96. The van der Waals surface area contributed by atoms with Crippen LogP contribution < -0.4 is 0 Å². The van der Waals surface area contributed by atoms with Crippen molar-refractivity contribution >= 4 is 17.7 Å². The van der Waals surface area contributed by atoms with Gasteiger partial charge in [-0.25, -0.2) is 9.78 Å². The number of aromatic nitrogens is 1. The van der Waals surface area contributed by atoms with Crippen LogP contribution in [0.25, 0.3) is 11.5 Å². The van der Waals surface area contributed by atoms with Gasteiger partial charge in [-0.05, 0) is 32.0 Å². The number of amides is 1. The molecule has 1 fully saturated rings. The summed E-state index contributed by atoms with van der Waals surface area (Å²) in [6.45, 7) is 7.75. The van der Waals surface area contributed by atoms with Crippen molar-refractivity contribution in [2.24, 2.45) is 0 Å². The van der Waals surface area contributed by atoms with E-state index in [4.69, 9.17) is 20.8 Å². The maximum Gasteiger partial charge on any atom is 0.409 e. The highest BCUT2D eigenvalue weighted by atomic mass is 35.5. The lowest BCUT2D eigenvalue weighted by Gasteiger charge is -2.33.